The highest BCUT2D eigenvalue weighted by Gasteiger charge is 2.30. The Hall–Kier alpha value is -0.410. The van der Waals surface area contributed by atoms with E-state index in [2.05, 4.69) is 19.2 Å². The van der Waals surface area contributed by atoms with Gasteiger partial charge in [0.25, 0.3) is 0 Å². The molecule has 3 atom stereocenters. The van der Waals surface area contributed by atoms with E-state index in [4.69, 9.17) is 4.74 Å². The van der Waals surface area contributed by atoms with Crippen LogP contribution in [0, 0.1) is 17.8 Å². The minimum absolute atomic E-state index is 0.254. The summed E-state index contributed by atoms with van der Waals surface area (Å²) in [5, 5.41) is 3.37. The maximum absolute atomic E-state index is 12.3. The number of Topliss-reactive ketones (excluding diaryl/α,β-unsaturated/α-hetero) is 1. The lowest BCUT2D eigenvalue weighted by atomic mass is 9.74. The molecule has 0 aromatic carbocycles. The lowest BCUT2D eigenvalue weighted by molar-refractivity contribution is -0.126. The first-order valence-electron chi connectivity index (χ1n) is 6.99. The van der Waals surface area contributed by atoms with Gasteiger partial charge in [0.15, 0.2) is 0 Å². The number of nitrogens with one attached hydrogen (secondary N) is 1. The van der Waals surface area contributed by atoms with E-state index in [1.165, 1.54) is 6.42 Å². The highest BCUT2D eigenvalue weighted by molar-refractivity contribution is 5.81. The lowest BCUT2D eigenvalue weighted by Crippen LogP contribution is -2.43. The second kappa shape index (κ2) is 5.96. The van der Waals surface area contributed by atoms with Gasteiger partial charge in [0.1, 0.15) is 5.78 Å². The number of carbonyl (C=O) groups is 1. The quantitative estimate of drug-likeness (QED) is 0.818. The van der Waals surface area contributed by atoms with Crippen molar-refractivity contribution in [2.24, 2.45) is 17.8 Å². The number of hydrogen-bond acceptors (Lipinski definition) is 3. The average molecular weight is 239 g/mol. The van der Waals surface area contributed by atoms with Crippen LogP contribution in [-0.4, -0.2) is 31.6 Å². The molecule has 0 amide bonds. The molecule has 3 nitrogen and oxygen atoms in total. The average Bonchev–Trinajstić information content (AvgIpc) is 2.29. The Labute approximate surface area is 104 Å². The Bertz CT molecular complexity index is 251. The Morgan fingerprint density at radius 1 is 1.24 bits per heavy atom. The molecule has 1 aliphatic heterocycles. The van der Waals surface area contributed by atoms with Crippen molar-refractivity contribution in [2.75, 3.05) is 19.8 Å². The molecule has 1 heterocycles. The van der Waals surface area contributed by atoms with Crippen molar-refractivity contribution < 1.29 is 9.53 Å². The zero-order valence-electron chi connectivity index (χ0n) is 11.1. The molecule has 3 unspecified atom stereocenters. The lowest BCUT2D eigenvalue weighted by Gasteiger charge is -2.32. The molecule has 1 aliphatic carbocycles. The van der Waals surface area contributed by atoms with E-state index in [9.17, 15) is 4.79 Å². The van der Waals surface area contributed by atoms with Gasteiger partial charge in [0.2, 0.25) is 0 Å². The third-order valence-corrected chi connectivity index (χ3v) is 4.08. The molecule has 2 aliphatic rings. The van der Waals surface area contributed by atoms with Crippen LogP contribution in [0.5, 0.6) is 0 Å². The monoisotopic (exact) mass is 239 g/mol. The van der Waals surface area contributed by atoms with Crippen LogP contribution < -0.4 is 5.32 Å². The summed E-state index contributed by atoms with van der Waals surface area (Å²) in [6.45, 7) is 6.91. The van der Waals surface area contributed by atoms with Gasteiger partial charge in [-0.2, -0.15) is 0 Å². The van der Waals surface area contributed by atoms with Gasteiger partial charge in [-0.25, -0.2) is 0 Å². The molecular formula is C14H25NO2. The molecule has 0 radical (unpaired) electrons. The van der Waals surface area contributed by atoms with Crippen LogP contribution in [0.15, 0.2) is 0 Å². The van der Waals surface area contributed by atoms with Crippen LogP contribution in [0.1, 0.15) is 39.5 Å². The van der Waals surface area contributed by atoms with Crippen LogP contribution in [0.2, 0.25) is 0 Å². The third-order valence-electron chi connectivity index (χ3n) is 4.08. The van der Waals surface area contributed by atoms with E-state index < -0.39 is 0 Å². The molecule has 1 N–H and O–H groups in total. The van der Waals surface area contributed by atoms with Crippen molar-refractivity contribution in [1.82, 2.24) is 5.32 Å². The first-order valence-corrected chi connectivity index (χ1v) is 6.99. The molecule has 0 bridgehead atoms. The van der Waals surface area contributed by atoms with Gasteiger partial charge in [-0.3, -0.25) is 4.79 Å². The second-order valence-corrected chi connectivity index (χ2v) is 6.01. The third kappa shape index (κ3) is 3.78. The Kier molecular flexibility index (Phi) is 4.57. The molecule has 3 heteroatoms. The van der Waals surface area contributed by atoms with Gasteiger partial charge in [-0.15, -0.1) is 0 Å². The van der Waals surface area contributed by atoms with Gasteiger partial charge < -0.3 is 10.1 Å². The minimum atomic E-state index is 0.254. The van der Waals surface area contributed by atoms with Crippen LogP contribution in [0.3, 0.4) is 0 Å². The SMILES string of the molecule is CC1CC(C)CC(C(=O)CC2COCCN2)C1. The van der Waals surface area contributed by atoms with Gasteiger partial charge in [-0.05, 0) is 31.1 Å². The predicted octanol–water partition coefficient (Wildman–Crippen LogP) is 2.01. The highest BCUT2D eigenvalue weighted by Crippen LogP contribution is 2.34. The number of morpholine rings is 1. The fourth-order valence-electron chi connectivity index (χ4n) is 3.37. The summed E-state index contributed by atoms with van der Waals surface area (Å²) >= 11 is 0. The van der Waals surface area contributed by atoms with Crippen molar-refractivity contribution in [3.05, 3.63) is 0 Å². The van der Waals surface area contributed by atoms with Gasteiger partial charge in [0, 0.05) is 24.9 Å². The summed E-state index contributed by atoms with van der Waals surface area (Å²) in [7, 11) is 0. The number of ether oxygens (including phenoxy) is 1. The molecule has 1 saturated carbocycles. The largest absolute Gasteiger partial charge is 0.379 e. The molecule has 2 fully saturated rings. The number of rotatable bonds is 3. The Morgan fingerprint density at radius 3 is 2.53 bits per heavy atom. The molecule has 17 heavy (non-hydrogen) atoms. The van der Waals surface area contributed by atoms with Crippen LogP contribution in [0.4, 0.5) is 0 Å². The van der Waals surface area contributed by atoms with Crippen molar-refractivity contribution in [1.29, 1.82) is 0 Å². The normalized spacial score (nSPS) is 38.9. The topological polar surface area (TPSA) is 38.3 Å². The van der Waals surface area contributed by atoms with Crippen molar-refractivity contribution in [3.8, 4) is 0 Å². The number of carbonyl (C=O) groups excluding carboxylic acids is 1. The van der Waals surface area contributed by atoms with E-state index in [-0.39, 0.29) is 6.04 Å². The minimum Gasteiger partial charge on any atom is -0.379 e. The zero-order chi connectivity index (χ0) is 12.3. The predicted molar refractivity (Wildman–Crippen MR) is 67.9 cm³/mol. The van der Waals surface area contributed by atoms with Crippen LogP contribution in [0.25, 0.3) is 0 Å². The van der Waals surface area contributed by atoms with E-state index in [0.717, 1.165) is 26.0 Å². The standard InChI is InChI=1S/C14H25NO2/c1-10-5-11(2)7-12(6-10)14(16)8-13-9-17-4-3-15-13/h10-13,15H,3-9H2,1-2H3. The van der Waals surface area contributed by atoms with Crippen molar-refractivity contribution in [2.45, 2.75) is 45.6 Å². The fraction of sp³-hybridized carbons (Fsp3) is 0.929. The fourth-order valence-corrected chi connectivity index (χ4v) is 3.37. The summed E-state index contributed by atoms with van der Waals surface area (Å²) in [6.07, 6.45) is 4.13. The molecule has 0 aromatic rings. The molecular weight excluding hydrogens is 214 g/mol. The molecule has 0 spiro atoms. The summed E-state index contributed by atoms with van der Waals surface area (Å²) < 4.78 is 5.40. The van der Waals surface area contributed by atoms with Crippen LogP contribution in [-0.2, 0) is 9.53 Å². The summed E-state index contributed by atoms with van der Waals surface area (Å²) in [5.41, 5.74) is 0. The first-order chi connectivity index (χ1) is 8.15. The van der Waals surface area contributed by atoms with E-state index in [1.54, 1.807) is 0 Å². The summed E-state index contributed by atoms with van der Waals surface area (Å²) in [4.78, 5) is 12.3. The summed E-state index contributed by atoms with van der Waals surface area (Å²) in [5.74, 6) is 2.18. The molecule has 1 saturated heterocycles. The molecule has 2 rings (SSSR count). The maximum atomic E-state index is 12.3. The van der Waals surface area contributed by atoms with Gasteiger partial charge in [0.05, 0.1) is 13.2 Å². The Morgan fingerprint density at radius 2 is 1.94 bits per heavy atom. The zero-order valence-corrected chi connectivity index (χ0v) is 11.1. The van der Waals surface area contributed by atoms with Crippen molar-refractivity contribution in [3.63, 3.8) is 0 Å². The van der Waals surface area contributed by atoms with Crippen LogP contribution >= 0.6 is 0 Å². The molecule has 0 aromatic heterocycles. The van der Waals surface area contributed by atoms with Crippen molar-refractivity contribution >= 4 is 5.78 Å². The van der Waals surface area contributed by atoms with E-state index in [0.29, 0.717) is 36.6 Å². The number of hydrogen-bond donors (Lipinski definition) is 1. The van der Waals surface area contributed by atoms with E-state index in [1.807, 2.05) is 0 Å². The van der Waals surface area contributed by atoms with E-state index >= 15 is 0 Å². The van der Waals surface area contributed by atoms with Gasteiger partial charge >= 0.3 is 0 Å². The Balaban J connectivity index is 1.81. The first kappa shape index (κ1) is 13.0. The second-order valence-electron chi connectivity index (χ2n) is 6.01. The summed E-state index contributed by atoms with van der Waals surface area (Å²) in [6, 6.07) is 0.254. The maximum Gasteiger partial charge on any atom is 0.137 e. The highest BCUT2D eigenvalue weighted by atomic mass is 16.5. The number of ketones is 1. The van der Waals surface area contributed by atoms with Gasteiger partial charge in [-0.1, -0.05) is 13.8 Å². The smallest absolute Gasteiger partial charge is 0.137 e. The molecule has 98 valence electrons.